The van der Waals surface area contributed by atoms with Crippen LogP contribution in [0.2, 0.25) is 0 Å². The summed E-state index contributed by atoms with van der Waals surface area (Å²) in [6.07, 6.45) is 0.937. The van der Waals surface area contributed by atoms with Crippen LogP contribution in [0.4, 0.5) is 10.1 Å². The molecule has 0 bridgehead atoms. The third kappa shape index (κ3) is 3.32. The summed E-state index contributed by atoms with van der Waals surface area (Å²) in [4.78, 5) is 11.6. The Hall–Kier alpha value is -1.42. The summed E-state index contributed by atoms with van der Waals surface area (Å²) < 4.78 is 17.7. The third-order valence-electron chi connectivity index (χ3n) is 2.07. The van der Waals surface area contributed by atoms with Crippen molar-refractivity contribution < 1.29 is 13.9 Å². The zero-order valence-electron chi connectivity index (χ0n) is 8.63. The Bertz CT molecular complexity index is 352. The minimum atomic E-state index is -0.445. The molecule has 15 heavy (non-hydrogen) atoms. The number of hydrogen-bond donors (Lipinski definition) is 1. The molecule has 0 heterocycles. The van der Waals surface area contributed by atoms with E-state index in [-0.39, 0.29) is 11.3 Å². The van der Waals surface area contributed by atoms with Crippen LogP contribution in [0.1, 0.15) is 23.2 Å². The predicted molar refractivity (Wildman–Crippen MR) is 56.3 cm³/mol. The zero-order chi connectivity index (χ0) is 11.3. The van der Waals surface area contributed by atoms with E-state index in [0.717, 1.165) is 0 Å². The highest BCUT2D eigenvalue weighted by Gasteiger charge is 2.10. The van der Waals surface area contributed by atoms with Crippen LogP contribution < -0.4 is 5.73 Å². The van der Waals surface area contributed by atoms with Crippen LogP contribution in [-0.4, -0.2) is 19.5 Å². The molecule has 1 aromatic rings. The van der Waals surface area contributed by atoms with Crippen LogP contribution in [0.15, 0.2) is 18.2 Å². The van der Waals surface area contributed by atoms with Gasteiger partial charge in [0.25, 0.3) is 0 Å². The van der Waals surface area contributed by atoms with Crippen molar-refractivity contribution in [3.8, 4) is 0 Å². The molecule has 0 aliphatic heterocycles. The van der Waals surface area contributed by atoms with Crippen LogP contribution in [0.5, 0.6) is 0 Å². The normalized spacial score (nSPS) is 10.3. The lowest BCUT2D eigenvalue weighted by molar-refractivity contribution is 0.0964. The molecule has 0 aliphatic carbocycles. The number of anilines is 1. The Morgan fingerprint density at radius 1 is 1.53 bits per heavy atom. The highest BCUT2D eigenvalue weighted by atomic mass is 19.1. The lowest BCUT2D eigenvalue weighted by Crippen LogP contribution is -2.05. The minimum absolute atomic E-state index is 0.149. The van der Waals surface area contributed by atoms with E-state index in [1.165, 1.54) is 18.2 Å². The minimum Gasteiger partial charge on any atom is -0.398 e. The molecule has 0 saturated carbocycles. The largest absolute Gasteiger partial charge is 0.398 e. The number of ketones is 1. The predicted octanol–water partition coefficient (Wildman–Crippen LogP) is 2.02. The summed E-state index contributed by atoms with van der Waals surface area (Å²) in [7, 11) is 1.57. The number of Topliss-reactive ketones (excluding diaryl/α,β-unsaturated/α-hetero) is 1. The van der Waals surface area contributed by atoms with Gasteiger partial charge in [-0.1, -0.05) is 0 Å². The summed E-state index contributed by atoms with van der Waals surface area (Å²) >= 11 is 0. The second-order valence-electron chi connectivity index (χ2n) is 3.25. The molecular formula is C11H14FNO2. The smallest absolute Gasteiger partial charge is 0.165 e. The average Bonchev–Trinajstić information content (AvgIpc) is 2.22. The van der Waals surface area contributed by atoms with Crippen LogP contribution in [-0.2, 0) is 4.74 Å². The summed E-state index contributed by atoms with van der Waals surface area (Å²) in [6.45, 7) is 0.515. The second-order valence-corrected chi connectivity index (χ2v) is 3.25. The molecular weight excluding hydrogens is 197 g/mol. The zero-order valence-corrected chi connectivity index (χ0v) is 8.63. The third-order valence-corrected chi connectivity index (χ3v) is 2.07. The molecule has 1 aromatic carbocycles. The lowest BCUT2D eigenvalue weighted by atomic mass is 10.0. The number of benzene rings is 1. The quantitative estimate of drug-likeness (QED) is 0.460. The van der Waals surface area contributed by atoms with Gasteiger partial charge in [-0.3, -0.25) is 4.79 Å². The number of ether oxygens (including phenoxy) is 1. The van der Waals surface area contributed by atoms with Crippen LogP contribution in [0.25, 0.3) is 0 Å². The van der Waals surface area contributed by atoms with Crippen molar-refractivity contribution >= 4 is 11.5 Å². The van der Waals surface area contributed by atoms with Crippen LogP contribution >= 0.6 is 0 Å². The van der Waals surface area contributed by atoms with E-state index in [1.807, 2.05) is 0 Å². The molecule has 0 aliphatic rings. The number of nitrogen functional groups attached to an aromatic ring is 1. The first-order valence-corrected chi connectivity index (χ1v) is 4.72. The van der Waals surface area contributed by atoms with Gasteiger partial charge in [0.1, 0.15) is 5.82 Å². The van der Waals surface area contributed by atoms with Crippen molar-refractivity contribution in [3.05, 3.63) is 29.6 Å². The molecule has 2 N–H and O–H groups in total. The second kappa shape index (κ2) is 5.46. The highest BCUT2D eigenvalue weighted by molar-refractivity contribution is 6.00. The van der Waals surface area contributed by atoms with Gasteiger partial charge in [0.2, 0.25) is 0 Å². The first kappa shape index (κ1) is 11.7. The van der Waals surface area contributed by atoms with Crippen molar-refractivity contribution in [3.63, 3.8) is 0 Å². The Balaban J connectivity index is 2.68. The molecule has 3 nitrogen and oxygen atoms in total. The fourth-order valence-corrected chi connectivity index (χ4v) is 1.28. The molecule has 0 spiro atoms. The Kier molecular flexibility index (Phi) is 4.24. The van der Waals surface area contributed by atoms with Crippen LogP contribution in [0.3, 0.4) is 0 Å². The van der Waals surface area contributed by atoms with E-state index >= 15 is 0 Å². The van der Waals surface area contributed by atoms with Crippen molar-refractivity contribution in [1.82, 2.24) is 0 Å². The van der Waals surface area contributed by atoms with E-state index in [0.29, 0.717) is 25.1 Å². The number of methoxy groups -OCH3 is 1. The van der Waals surface area contributed by atoms with E-state index in [4.69, 9.17) is 10.5 Å². The topological polar surface area (TPSA) is 52.3 Å². The molecule has 0 amide bonds. The number of rotatable bonds is 5. The van der Waals surface area contributed by atoms with Gasteiger partial charge < -0.3 is 10.5 Å². The fourth-order valence-electron chi connectivity index (χ4n) is 1.28. The van der Waals surface area contributed by atoms with E-state index in [1.54, 1.807) is 7.11 Å². The Morgan fingerprint density at radius 3 is 2.93 bits per heavy atom. The Labute approximate surface area is 88.0 Å². The Morgan fingerprint density at radius 2 is 2.27 bits per heavy atom. The molecule has 0 saturated heterocycles. The van der Waals surface area contributed by atoms with Crippen molar-refractivity contribution in [1.29, 1.82) is 0 Å². The van der Waals surface area contributed by atoms with Crippen LogP contribution in [0, 0.1) is 5.82 Å². The monoisotopic (exact) mass is 211 g/mol. The van der Waals surface area contributed by atoms with Gasteiger partial charge >= 0.3 is 0 Å². The molecule has 0 radical (unpaired) electrons. The highest BCUT2D eigenvalue weighted by Crippen LogP contribution is 2.16. The maximum atomic E-state index is 12.9. The van der Waals surface area contributed by atoms with E-state index < -0.39 is 5.82 Å². The van der Waals surface area contributed by atoms with Gasteiger partial charge in [0, 0.05) is 31.4 Å². The number of halogens is 1. The molecule has 4 heteroatoms. The van der Waals surface area contributed by atoms with Gasteiger partial charge in [-0.2, -0.15) is 0 Å². The molecule has 1 rings (SSSR count). The van der Waals surface area contributed by atoms with Gasteiger partial charge in [0.15, 0.2) is 5.78 Å². The van der Waals surface area contributed by atoms with Crippen molar-refractivity contribution in [2.24, 2.45) is 0 Å². The summed E-state index contributed by atoms with van der Waals surface area (Å²) in [6, 6.07) is 3.81. The number of carbonyl (C=O) groups is 1. The fraction of sp³-hybridized carbons (Fsp3) is 0.364. The summed E-state index contributed by atoms with van der Waals surface area (Å²) in [5, 5.41) is 0. The number of hydrogen-bond acceptors (Lipinski definition) is 3. The molecule has 82 valence electrons. The van der Waals surface area contributed by atoms with E-state index in [9.17, 15) is 9.18 Å². The summed E-state index contributed by atoms with van der Waals surface area (Å²) in [5.74, 6) is -0.594. The SMILES string of the molecule is COCCCC(=O)c1cc(F)ccc1N. The summed E-state index contributed by atoms with van der Waals surface area (Å²) in [5.41, 5.74) is 6.15. The number of carbonyl (C=O) groups excluding carboxylic acids is 1. The number of nitrogens with two attached hydrogens (primary N) is 1. The first-order valence-electron chi connectivity index (χ1n) is 4.72. The standard InChI is InChI=1S/C11H14FNO2/c1-15-6-2-3-11(14)9-7-8(12)4-5-10(9)13/h4-5,7H,2-3,6,13H2,1H3. The first-order chi connectivity index (χ1) is 7.15. The maximum Gasteiger partial charge on any atom is 0.165 e. The molecule has 0 unspecified atom stereocenters. The van der Waals surface area contributed by atoms with E-state index in [2.05, 4.69) is 0 Å². The molecule has 0 aromatic heterocycles. The molecule has 0 fully saturated rings. The maximum absolute atomic E-state index is 12.9. The van der Waals surface area contributed by atoms with Crippen molar-refractivity contribution in [2.75, 3.05) is 19.5 Å². The van der Waals surface area contributed by atoms with Gasteiger partial charge in [-0.25, -0.2) is 4.39 Å². The average molecular weight is 211 g/mol. The molecule has 0 atom stereocenters. The van der Waals surface area contributed by atoms with Gasteiger partial charge in [-0.15, -0.1) is 0 Å². The lowest BCUT2D eigenvalue weighted by Gasteiger charge is -2.04. The van der Waals surface area contributed by atoms with Gasteiger partial charge in [-0.05, 0) is 24.6 Å². The van der Waals surface area contributed by atoms with Gasteiger partial charge in [0.05, 0.1) is 0 Å². The van der Waals surface area contributed by atoms with Crippen molar-refractivity contribution in [2.45, 2.75) is 12.8 Å².